The summed E-state index contributed by atoms with van der Waals surface area (Å²) in [7, 11) is 0. The molecule has 1 aromatic rings. The van der Waals surface area contributed by atoms with E-state index in [0.29, 0.717) is 6.04 Å². The monoisotopic (exact) mass is 169 g/mol. The van der Waals surface area contributed by atoms with Gasteiger partial charge in [-0.15, -0.1) is 0 Å². The first kappa shape index (κ1) is 7.03. The molecule has 2 heterocycles. The van der Waals surface area contributed by atoms with Crippen LogP contribution in [0.1, 0.15) is 12.5 Å². The number of nitrogens with two attached hydrogens (primary N) is 1. The van der Waals surface area contributed by atoms with E-state index in [0.717, 1.165) is 5.69 Å². The molecule has 0 aromatic carbocycles. The summed E-state index contributed by atoms with van der Waals surface area (Å²) in [5.41, 5.74) is 6.32. The van der Waals surface area contributed by atoms with E-state index in [9.17, 15) is 0 Å². The highest BCUT2D eigenvalue weighted by atomic mass is 32.2. The summed E-state index contributed by atoms with van der Waals surface area (Å²) >= 11 is 1.98. The Bertz CT molecular complexity index is 240. The Kier molecular flexibility index (Phi) is 1.77. The van der Waals surface area contributed by atoms with Crippen molar-refractivity contribution in [2.75, 3.05) is 17.2 Å². The van der Waals surface area contributed by atoms with Crippen LogP contribution in [0.25, 0.3) is 0 Å². The second-order valence-electron chi connectivity index (χ2n) is 2.77. The number of hydrogen-bond acceptors (Lipinski definition) is 3. The fourth-order valence-electron chi connectivity index (χ4n) is 1.28. The van der Waals surface area contributed by atoms with E-state index >= 15 is 0 Å². The number of aromatic nitrogens is 2. The molecule has 4 heteroatoms. The van der Waals surface area contributed by atoms with Gasteiger partial charge in [-0.1, -0.05) is 0 Å². The lowest BCUT2D eigenvalue weighted by molar-refractivity contribution is 0.502. The molecule has 0 spiro atoms. The van der Waals surface area contributed by atoms with Crippen molar-refractivity contribution in [2.24, 2.45) is 0 Å². The number of hydrogen-bond donors (Lipinski definition) is 1. The first-order chi connectivity index (χ1) is 5.36. The number of anilines is 1. The van der Waals surface area contributed by atoms with Crippen LogP contribution in [0.5, 0.6) is 0 Å². The summed E-state index contributed by atoms with van der Waals surface area (Å²) in [5.74, 6) is 2.44. The molecule has 2 N–H and O–H groups in total. The van der Waals surface area contributed by atoms with Crippen molar-refractivity contribution in [2.45, 2.75) is 12.5 Å². The number of nitrogens with zero attached hydrogens (tertiary/aromatic N) is 2. The lowest BCUT2D eigenvalue weighted by atomic mass is 10.3. The lowest BCUT2D eigenvalue weighted by Gasteiger charge is -2.06. The molecule has 1 fully saturated rings. The molecule has 3 nitrogen and oxygen atoms in total. The maximum absolute atomic E-state index is 5.56. The predicted molar refractivity (Wildman–Crippen MR) is 47.6 cm³/mol. The van der Waals surface area contributed by atoms with Gasteiger partial charge in [-0.3, -0.25) is 4.68 Å². The topological polar surface area (TPSA) is 43.8 Å². The zero-order valence-electron chi connectivity index (χ0n) is 6.23. The van der Waals surface area contributed by atoms with Crippen molar-refractivity contribution in [1.29, 1.82) is 0 Å². The van der Waals surface area contributed by atoms with E-state index in [1.807, 2.05) is 22.6 Å². The second-order valence-corrected chi connectivity index (χ2v) is 3.92. The van der Waals surface area contributed by atoms with Crippen molar-refractivity contribution in [3.8, 4) is 0 Å². The van der Waals surface area contributed by atoms with E-state index < -0.39 is 0 Å². The summed E-state index contributed by atoms with van der Waals surface area (Å²) in [4.78, 5) is 0. The highest BCUT2D eigenvalue weighted by Gasteiger charge is 2.17. The van der Waals surface area contributed by atoms with E-state index in [-0.39, 0.29) is 0 Å². The number of rotatable bonds is 1. The van der Waals surface area contributed by atoms with Crippen LogP contribution in [0.2, 0.25) is 0 Å². The summed E-state index contributed by atoms with van der Waals surface area (Å²) in [6, 6.07) is 0.581. The van der Waals surface area contributed by atoms with E-state index in [1.165, 1.54) is 17.9 Å². The number of thioether (sulfide) groups is 1. The first-order valence-corrected chi connectivity index (χ1v) is 4.89. The third-order valence-electron chi connectivity index (χ3n) is 1.90. The van der Waals surface area contributed by atoms with Gasteiger partial charge in [-0.2, -0.15) is 16.9 Å². The third kappa shape index (κ3) is 1.35. The van der Waals surface area contributed by atoms with E-state index in [2.05, 4.69) is 5.10 Å². The van der Waals surface area contributed by atoms with Gasteiger partial charge in [-0.25, -0.2) is 0 Å². The molecule has 11 heavy (non-hydrogen) atoms. The van der Waals surface area contributed by atoms with E-state index in [1.54, 1.807) is 6.20 Å². The molecule has 1 aromatic heterocycles. The molecule has 1 atom stereocenters. The van der Waals surface area contributed by atoms with Crippen molar-refractivity contribution < 1.29 is 0 Å². The molecule has 0 saturated carbocycles. The predicted octanol–water partition coefficient (Wildman–Crippen LogP) is 1.14. The Morgan fingerprint density at radius 2 is 2.64 bits per heavy atom. The molecule has 1 unspecified atom stereocenters. The Morgan fingerprint density at radius 1 is 1.73 bits per heavy atom. The van der Waals surface area contributed by atoms with Crippen LogP contribution in [0.15, 0.2) is 12.4 Å². The standard InChI is InChI=1S/C7H11N3S/c8-6-3-9-10(4-6)7-1-2-11-5-7/h3-4,7H,1-2,5,8H2. The van der Waals surface area contributed by atoms with Gasteiger partial charge in [0.25, 0.3) is 0 Å². The minimum Gasteiger partial charge on any atom is -0.396 e. The van der Waals surface area contributed by atoms with Gasteiger partial charge in [0.2, 0.25) is 0 Å². The largest absolute Gasteiger partial charge is 0.396 e. The molecular weight excluding hydrogens is 158 g/mol. The summed E-state index contributed by atoms with van der Waals surface area (Å²) < 4.78 is 1.98. The Balaban J connectivity index is 2.15. The zero-order chi connectivity index (χ0) is 7.68. The van der Waals surface area contributed by atoms with Crippen molar-refractivity contribution in [3.05, 3.63) is 12.4 Å². The highest BCUT2D eigenvalue weighted by molar-refractivity contribution is 7.99. The van der Waals surface area contributed by atoms with Crippen LogP contribution in [0, 0.1) is 0 Å². The number of nitrogen functional groups attached to an aromatic ring is 1. The minimum absolute atomic E-state index is 0.581. The molecular formula is C7H11N3S. The van der Waals surface area contributed by atoms with Crippen LogP contribution >= 0.6 is 11.8 Å². The van der Waals surface area contributed by atoms with Crippen LogP contribution in [-0.2, 0) is 0 Å². The van der Waals surface area contributed by atoms with Crippen LogP contribution in [0.3, 0.4) is 0 Å². The van der Waals surface area contributed by atoms with Gasteiger partial charge in [0, 0.05) is 11.9 Å². The van der Waals surface area contributed by atoms with Crippen LogP contribution < -0.4 is 5.73 Å². The Hall–Kier alpha value is -0.640. The van der Waals surface area contributed by atoms with Gasteiger partial charge in [0.1, 0.15) is 0 Å². The Morgan fingerprint density at radius 3 is 3.18 bits per heavy atom. The maximum Gasteiger partial charge on any atom is 0.0719 e. The normalized spacial score (nSPS) is 24.2. The fourth-order valence-corrected chi connectivity index (χ4v) is 2.48. The second kappa shape index (κ2) is 2.77. The highest BCUT2D eigenvalue weighted by Crippen LogP contribution is 2.27. The molecule has 60 valence electrons. The van der Waals surface area contributed by atoms with Crippen molar-refractivity contribution in [1.82, 2.24) is 9.78 Å². The van der Waals surface area contributed by atoms with Crippen LogP contribution in [-0.4, -0.2) is 21.3 Å². The molecule has 0 bridgehead atoms. The van der Waals surface area contributed by atoms with Gasteiger partial charge < -0.3 is 5.73 Å². The smallest absolute Gasteiger partial charge is 0.0719 e. The van der Waals surface area contributed by atoms with Gasteiger partial charge in [-0.05, 0) is 12.2 Å². The van der Waals surface area contributed by atoms with Crippen molar-refractivity contribution >= 4 is 17.4 Å². The molecule has 1 saturated heterocycles. The van der Waals surface area contributed by atoms with Crippen LogP contribution in [0.4, 0.5) is 5.69 Å². The third-order valence-corrected chi connectivity index (χ3v) is 3.05. The molecule has 0 radical (unpaired) electrons. The minimum atomic E-state index is 0.581. The molecule has 1 aliphatic heterocycles. The first-order valence-electron chi connectivity index (χ1n) is 3.73. The molecule has 0 aliphatic carbocycles. The average molecular weight is 169 g/mol. The SMILES string of the molecule is Nc1cnn(C2CCSC2)c1. The summed E-state index contributed by atoms with van der Waals surface area (Å²) in [5, 5.41) is 4.18. The molecule has 0 amide bonds. The average Bonchev–Trinajstić information content (AvgIpc) is 2.55. The van der Waals surface area contributed by atoms with Gasteiger partial charge in [0.05, 0.1) is 17.9 Å². The summed E-state index contributed by atoms with van der Waals surface area (Å²) in [6.07, 6.45) is 4.85. The van der Waals surface area contributed by atoms with Gasteiger partial charge >= 0.3 is 0 Å². The fraction of sp³-hybridized carbons (Fsp3) is 0.571. The maximum atomic E-state index is 5.56. The zero-order valence-corrected chi connectivity index (χ0v) is 7.05. The Labute approximate surface area is 70.0 Å². The molecule has 1 aliphatic rings. The van der Waals surface area contributed by atoms with Gasteiger partial charge in [0.15, 0.2) is 0 Å². The quantitative estimate of drug-likeness (QED) is 0.685. The summed E-state index contributed by atoms with van der Waals surface area (Å²) in [6.45, 7) is 0. The molecule has 2 rings (SSSR count). The van der Waals surface area contributed by atoms with Crippen molar-refractivity contribution in [3.63, 3.8) is 0 Å². The lowest BCUT2D eigenvalue weighted by Crippen LogP contribution is -2.07. The van der Waals surface area contributed by atoms with E-state index in [4.69, 9.17) is 5.73 Å².